The zero-order valence-corrected chi connectivity index (χ0v) is 8.79. The van der Waals surface area contributed by atoms with Gasteiger partial charge in [0.05, 0.1) is 0 Å². The Morgan fingerprint density at radius 2 is 2.06 bits per heavy atom. The number of nitrogens with two attached hydrogens (primary N) is 1. The van der Waals surface area contributed by atoms with Crippen LogP contribution in [0.3, 0.4) is 0 Å². The van der Waals surface area contributed by atoms with Gasteiger partial charge in [0.15, 0.2) is 0 Å². The zero-order chi connectivity index (χ0) is 12.4. The molecule has 3 amide bonds. The highest BCUT2D eigenvalue weighted by Crippen LogP contribution is 1.98. The van der Waals surface area contributed by atoms with Gasteiger partial charge in [-0.05, 0) is 0 Å². The molecule has 9 heteroatoms. The van der Waals surface area contributed by atoms with Gasteiger partial charge < -0.3 is 10.6 Å². The number of hydrogen-bond donors (Lipinski definition) is 2. The zero-order valence-electron chi connectivity index (χ0n) is 8.79. The molecule has 0 radical (unpaired) electrons. The molecule has 9 nitrogen and oxygen atoms in total. The van der Waals surface area contributed by atoms with Crippen molar-refractivity contribution in [2.24, 2.45) is 0 Å². The van der Waals surface area contributed by atoms with Gasteiger partial charge in [-0.2, -0.15) is 0 Å². The Kier molecular flexibility index (Phi) is 2.73. The maximum Gasteiger partial charge on any atom is 0.246 e. The minimum atomic E-state index is -0.493. The quantitative estimate of drug-likeness (QED) is 0.542. The summed E-state index contributed by atoms with van der Waals surface area (Å²) in [5.74, 6) is -1.32. The fourth-order valence-corrected chi connectivity index (χ4v) is 1.44. The van der Waals surface area contributed by atoms with Crippen molar-refractivity contribution in [3.8, 4) is 0 Å². The number of aromatic nitrogens is 3. The van der Waals surface area contributed by atoms with Gasteiger partial charge in [0.25, 0.3) is 0 Å². The molecule has 1 aliphatic rings. The first kappa shape index (κ1) is 11.0. The third-order valence-corrected chi connectivity index (χ3v) is 2.15. The number of imide groups is 1. The van der Waals surface area contributed by atoms with Gasteiger partial charge in [0.1, 0.15) is 26.0 Å². The van der Waals surface area contributed by atoms with E-state index in [-0.39, 0.29) is 25.6 Å². The highest BCUT2D eigenvalue weighted by atomic mass is 16.2. The van der Waals surface area contributed by atoms with E-state index in [9.17, 15) is 14.4 Å². The number of nitrogens with zero attached hydrogens (tertiary/aromatic N) is 4. The van der Waals surface area contributed by atoms with Crippen LogP contribution in [-0.4, -0.2) is 50.5 Å². The monoisotopic (exact) mass is 238 g/mol. The summed E-state index contributed by atoms with van der Waals surface area (Å²) < 4.78 is 1.24. The van der Waals surface area contributed by atoms with Crippen LogP contribution in [0.15, 0.2) is 6.33 Å². The Bertz CT molecular complexity index is 465. The van der Waals surface area contributed by atoms with Gasteiger partial charge >= 0.3 is 0 Å². The van der Waals surface area contributed by atoms with E-state index < -0.39 is 17.7 Å². The average molecular weight is 238 g/mol. The lowest BCUT2D eigenvalue weighted by Crippen LogP contribution is -2.54. The van der Waals surface area contributed by atoms with E-state index in [0.29, 0.717) is 0 Å². The molecule has 0 bridgehead atoms. The minimum absolute atomic E-state index is 0.0604. The highest BCUT2D eigenvalue weighted by Gasteiger charge is 2.26. The molecular formula is C8H10N6O3. The van der Waals surface area contributed by atoms with Gasteiger partial charge in [0.2, 0.25) is 23.7 Å². The molecule has 1 aromatic heterocycles. The van der Waals surface area contributed by atoms with Crippen molar-refractivity contribution in [1.82, 2.24) is 25.0 Å². The number of amides is 3. The first-order valence-electron chi connectivity index (χ1n) is 4.80. The van der Waals surface area contributed by atoms with E-state index in [1.54, 1.807) is 0 Å². The van der Waals surface area contributed by atoms with Crippen LogP contribution in [-0.2, 0) is 20.9 Å². The van der Waals surface area contributed by atoms with Crippen molar-refractivity contribution in [2.45, 2.75) is 6.54 Å². The second-order valence-electron chi connectivity index (χ2n) is 3.52. The summed E-state index contributed by atoms with van der Waals surface area (Å²) in [6.07, 6.45) is 1.30. The van der Waals surface area contributed by atoms with Gasteiger partial charge in [-0.25, -0.2) is 9.67 Å². The van der Waals surface area contributed by atoms with Crippen LogP contribution < -0.4 is 11.1 Å². The van der Waals surface area contributed by atoms with Crippen molar-refractivity contribution < 1.29 is 14.4 Å². The van der Waals surface area contributed by atoms with Crippen molar-refractivity contribution in [3.63, 3.8) is 0 Å². The van der Waals surface area contributed by atoms with Crippen LogP contribution in [0.5, 0.6) is 0 Å². The molecule has 1 saturated heterocycles. The molecule has 90 valence electrons. The maximum atomic E-state index is 11.7. The standard InChI is InChI=1S/C8H10N6O3/c9-8-10-4-14(12-8)3-7(17)13-1-5(15)11-6(16)2-13/h4H,1-3H2,(H2,9,12)(H,11,15,16). The van der Waals surface area contributed by atoms with Crippen LogP contribution >= 0.6 is 0 Å². The molecule has 0 aromatic carbocycles. The molecule has 2 rings (SSSR count). The maximum absolute atomic E-state index is 11.7. The molecule has 0 unspecified atom stereocenters. The number of anilines is 1. The summed E-state index contributed by atoms with van der Waals surface area (Å²) in [5, 5.41) is 5.84. The van der Waals surface area contributed by atoms with E-state index in [2.05, 4.69) is 15.4 Å². The normalized spacial score (nSPS) is 15.9. The van der Waals surface area contributed by atoms with Crippen molar-refractivity contribution in [2.75, 3.05) is 18.8 Å². The molecule has 0 saturated carbocycles. The van der Waals surface area contributed by atoms with Crippen LogP contribution in [0.1, 0.15) is 0 Å². The van der Waals surface area contributed by atoms with Gasteiger partial charge in [-0.1, -0.05) is 0 Å². The van der Waals surface area contributed by atoms with Gasteiger partial charge in [-0.3, -0.25) is 19.7 Å². The lowest BCUT2D eigenvalue weighted by atomic mass is 10.3. The molecule has 0 atom stereocenters. The third kappa shape index (κ3) is 2.56. The molecule has 0 aliphatic carbocycles. The SMILES string of the molecule is Nc1ncn(CC(=O)N2CC(=O)NC(=O)C2)n1. The minimum Gasteiger partial charge on any atom is -0.367 e. The van der Waals surface area contributed by atoms with E-state index in [1.807, 2.05) is 0 Å². The number of carbonyl (C=O) groups excluding carboxylic acids is 3. The first-order valence-corrected chi connectivity index (χ1v) is 4.80. The molecular weight excluding hydrogens is 228 g/mol. The predicted octanol–water partition coefficient (Wildman–Crippen LogP) is -2.65. The molecule has 2 heterocycles. The second kappa shape index (κ2) is 4.20. The van der Waals surface area contributed by atoms with Crippen LogP contribution in [0.2, 0.25) is 0 Å². The van der Waals surface area contributed by atoms with E-state index in [0.717, 1.165) is 4.90 Å². The van der Waals surface area contributed by atoms with Gasteiger partial charge in [-0.15, -0.1) is 5.10 Å². The summed E-state index contributed by atoms with van der Waals surface area (Å²) in [6, 6.07) is 0. The fourth-order valence-electron chi connectivity index (χ4n) is 1.44. The molecule has 1 aliphatic heterocycles. The van der Waals surface area contributed by atoms with E-state index in [4.69, 9.17) is 5.73 Å². The summed E-state index contributed by atoms with van der Waals surface area (Å²) in [4.78, 5) is 38.7. The first-order chi connectivity index (χ1) is 8.04. The summed E-state index contributed by atoms with van der Waals surface area (Å²) in [6.45, 7) is -0.367. The lowest BCUT2D eigenvalue weighted by molar-refractivity contribution is -0.145. The summed E-state index contributed by atoms with van der Waals surface area (Å²) >= 11 is 0. The van der Waals surface area contributed by atoms with Crippen molar-refractivity contribution in [1.29, 1.82) is 0 Å². The van der Waals surface area contributed by atoms with Crippen LogP contribution in [0.4, 0.5) is 5.95 Å². The summed E-state index contributed by atoms with van der Waals surface area (Å²) in [7, 11) is 0. The number of rotatable bonds is 2. The third-order valence-electron chi connectivity index (χ3n) is 2.15. The Labute approximate surface area is 95.6 Å². The second-order valence-corrected chi connectivity index (χ2v) is 3.52. The Morgan fingerprint density at radius 3 is 2.59 bits per heavy atom. The van der Waals surface area contributed by atoms with Gasteiger partial charge in [0, 0.05) is 0 Å². The van der Waals surface area contributed by atoms with E-state index in [1.165, 1.54) is 11.0 Å². The highest BCUT2D eigenvalue weighted by molar-refractivity contribution is 6.02. The topological polar surface area (TPSA) is 123 Å². The van der Waals surface area contributed by atoms with Crippen LogP contribution in [0.25, 0.3) is 0 Å². The number of carbonyl (C=O) groups is 3. The summed E-state index contributed by atoms with van der Waals surface area (Å²) in [5.41, 5.74) is 5.29. The van der Waals surface area contributed by atoms with Crippen molar-refractivity contribution in [3.05, 3.63) is 6.33 Å². The number of nitrogens with one attached hydrogen (secondary N) is 1. The van der Waals surface area contributed by atoms with Crippen molar-refractivity contribution >= 4 is 23.7 Å². The van der Waals surface area contributed by atoms with E-state index >= 15 is 0 Å². The molecule has 0 spiro atoms. The molecule has 1 fully saturated rings. The fraction of sp³-hybridized carbons (Fsp3) is 0.375. The Hall–Kier alpha value is -2.45. The smallest absolute Gasteiger partial charge is 0.246 e. The Balaban J connectivity index is 2.00. The average Bonchev–Trinajstić information content (AvgIpc) is 2.62. The molecule has 3 N–H and O–H groups in total. The molecule has 17 heavy (non-hydrogen) atoms. The lowest BCUT2D eigenvalue weighted by Gasteiger charge is -2.25. The number of piperazine rings is 1. The molecule has 1 aromatic rings. The number of nitrogen functional groups attached to an aromatic ring is 1. The number of hydrogen-bond acceptors (Lipinski definition) is 6. The van der Waals surface area contributed by atoms with Crippen LogP contribution in [0, 0.1) is 0 Å². The Morgan fingerprint density at radius 1 is 1.41 bits per heavy atom. The largest absolute Gasteiger partial charge is 0.367 e. The predicted molar refractivity (Wildman–Crippen MR) is 54.2 cm³/mol.